The maximum atomic E-state index is 14.6. The van der Waals surface area contributed by atoms with Gasteiger partial charge in [-0.05, 0) is 63.2 Å². The van der Waals surface area contributed by atoms with Crippen LogP contribution in [0.3, 0.4) is 0 Å². The number of aromatic nitrogens is 2. The summed E-state index contributed by atoms with van der Waals surface area (Å²) in [6.07, 6.45) is -3.45. The quantitative estimate of drug-likeness (QED) is 0.125. The van der Waals surface area contributed by atoms with E-state index in [4.69, 9.17) is 33.7 Å². The summed E-state index contributed by atoms with van der Waals surface area (Å²) in [5.41, 5.74) is 5.33. The Hall–Kier alpha value is -5.01. The number of amides is 1. The molecule has 6 atom stereocenters. The van der Waals surface area contributed by atoms with Crippen LogP contribution in [0.2, 0.25) is 0 Å². The zero-order valence-electron chi connectivity index (χ0n) is 31.7. The number of esters is 3. The van der Waals surface area contributed by atoms with Crippen molar-refractivity contribution in [2.24, 2.45) is 11.8 Å². The van der Waals surface area contributed by atoms with Gasteiger partial charge in [0.15, 0.2) is 12.2 Å². The number of rotatable bonds is 15. The molecule has 0 unspecified atom stereocenters. The van der Waals surface area contributed by atoms with Gasteiger partial charge in [-0.1, -0.05) is 27.7 Å². The van der Waals surface area contributed by atoms with Gasteiger partial charge in [-0.2, -0.15) is 15.4 Å². The molecule has 0 radical (unpaired) electrons. The number of nitrogen functional groups attached to an aromatic ring is 1. The summed E-state index contributed by atoms with van der Waals surface area (Å²) in [6.45, 7) is 10.1. The van der Waals surface area contributed by atoms with Crippen LogP contribution in [0.4, 0.5) is 5.69 Å². The van der Waals surface area contributed by atoms with E-state index in [0.717, 1.165) is 0 Å². The molecular formula is C36H47N6O11P. The summed E-state index contributed by atoms with van der Waals surface area (Å²) in [7, 11) is -1.52. The zero-order chi connectivity index (χ0) is 40.1. The van der Waals surface area contributed by atoms with E-state index in [2.05, 4.69) is 10.2 Å². The van der Waals surface area contributed by atoms with Crippen LogP contribution in [0.1, 0.15) is 70.6 Å². The molecule has 0 aliphatic carbocycles. The van der Waals surface area contributed by atoms with Crippen LogP contribution < -0.4 is 15.3 Å². The average molecular weight is 771 g/mol. The number of hydrogen-bond donors (Lipinski definition) is 2. The van der Waals surface area contributed by atoms with Gasteiger partial charge in [0.25, 0.3) is 5.91 Å². The van der Waals surface area contributed by atoms with E-state index >= 15 is 0 Å². The first-order valence-electron chi connectivity index (χ1n) is 17.3. The van der Waals surface area contributed by atoms with Crippen molar-refractivity contribution in [3.63, 3.8) is 0 Å². The van der Waals surface area contributed by atoms with Crippen molar-refractivity contribution < 1.29 is 51.7 Å². The van der Waals surface area contributed by atoms with Gasteiger partial charge in [0.1, 0.15) is 30.6 Å². The van der Waals surface area contributed by atoms with E-state index in [1.807, 2.05) is 6.07 Å². The molecular weight excluding hydrogens is 723 g/mol. The maximum absolute atomic E-state index is 14.6. The van der Waals surface area contributed by atoms with E-state index in [1.165, 1.54) is 46.8 Å². The molecule has 1 aromatic carbocycles. The number of nitrogens with one attached hydrogen (secondary N) is 1. The maximum Gasteiger partial charge on any atom is 0.459 e. The molecule has 17 nitrogen and oxygen atoms in total. The Morgan fingerprint density at radius 3 is 2.19 bits per heavy atom. The van der Waals surface area contributed by atoms with E-state index < -0.39 is 80.2 Å². The van der Waals surface area contributed by atoms with Crippen LogP contribution in [0.15, 0.2) is 48.7 Å². The minimum Gasteiger partial charge on any atom is -0.462 e. The number of carbonyl (C=O) groups is 4. The van der Waals surface area contributed by atoms with Gasteiger partial charge in [0.05, 0.1) is 34.8 Å². The molecule has 4 rings (SSSR count). The van der Waals surface area contributed by atoms with Crippen LogP contribution in [-0.4, -0.2) is 89.0 Å². The average Bonchev–Trinajstić information content (AvgIpc) is 3.67. The Kier molecular flexibility index (Phi) is 13.1. The molecule has 1 saturated heterocycles. The van der Waals surface area contributed by atoms with E-state index in [0.29, 0.717) is 16.8 Å². The fourth-order valence-electron chi connectivity index (χ4n) is 5.29. The number of nitriles is 1. The lowest BCUT2D eigenvalue weighted by atomic mass is 9.95. The van der Waals surface area contributed by atoms with Crippen molar-refractivity contribution in [1.29, 1.82) is 5.26 Å². The number of fused-ring (bicyclic) bond motifs is 1. The fourth-order valence-corrected chi connectivity index (χ4v) is 6.81. The molecule has 0 spiro atoms. The van der Waals surface area contributed by atoms with E-state index in [9.17, 15) is 29.0 Å². The standard InChI is InChI=1S/C36H47N6O11P/c1-20(2)33(44)50-30-29(28-15-14-27-26(38)16-17-39-42(27)28)52-36(18-37,31(30)51-34(45)21(3)4)19-48-54(47,40-23(7)35(46)49-22(5)6)53-25-12-10-24(11-13-25)32(43)41(8)9/h10-17,20-23,29-31H,19,38H2,1-9H3,(H,40,47)/t23-,29-,30-,31-,36+,54+/m0/s1. The number of ether oxygens (including phenoxy) is 4. The Morgan fingerprint density at radius 1 is 0.981 bits per heavy atom. The van der Waals surface area contributed by atoms with Crippen molar-refractivity contribution in [3.8, 4) is 11.8 Å². The minimum atomic E-state index is -4.69. The van der Waals surface area contributed by atoms with Crippen LogP contribution in [0.25, 0.3) is 5.52 Å². The fraction of sp³-hybridized carbons (Fsp3) is 0.500. The molecule has 2 aromatic heterocycles. The monoisotopic (exact) mass is 770 g/mol. The number of benzene rings is 1. The van der Waals surface area contributed by atoms with E-state index in [-0.39, 0.29) is 17.4 Å². The van der Waals surface area contributed by atoms with Crippen molar-refractivity contribution in [1.82, 2.24) is 19.6 Å². The first-order valence-corrected chi connectivity index (χ1v) is 18.8. The van der Waals surface area contributed by atoms with Gasteiger partial charge in [-0.3, -0.25) is 23.7 Å². The van der Waals surface area contributed by atoms with Crippen molar-refractivity contribution in [3.05, 3.63) is 59.9 Å². The Balaban J connectivity index is 1.80. The predicted molar refractivity (Wildman–Crippen MR) is 194 cm³/mol. The molecule has 18 heteroatoms. The number of nitrogens with zero attached hydrogens (tertiary/aromatic N) is 4. The van der Waals surface area contributed by atoms with Crippen molar-refractivity contribution >= 4 is 42.8 Å². The summed E-state index contributed by atoms with van der Waals surface area (Å²) >= 11 is 0. The first-order chi connectivity index (χ1) is 25.3. The highest BCUT2D eigenvalue weighted by molar-refractivity contribution is 7.52. The number of nitrogens with two attached hydrogens (primary N) is 1. The Morgan fingerprint density at radius 2 is 1.61 bits per heavy atom. The van der Waals surface area contributed by atoms with E-state index in [1.54, 1.807) is 73.8 Å². The van der Waals surface area contributed by atoms with Gasteiger partial charge in [0.2, 0.25) is 5.60 Å². The lowest BCUT2D eigenvalue weighted by molar-refractivity contribution is -0.173. The lowest BCUT2D eigenvalue weighted by Gasteiger charge is -2.31. The largest absolute Gasteiger partial charge is 0.462 e. The van der Waals surface area contributed by atoms with Crippen LogP contribution in [-0.2, 0) is 42.4 Å². The molecule has 292 valence electrons. The summed E-state index contributed by atoms with van der Waals surface area (Å²) < 4.78 is 51.3. The normalized spacial score (nSPS) is 21.4. The third-order valence-corrected chi connectivity index (χ3v) is 9.79. The molecule has 54 heavy (non-hydrogen) atoms. The molecule has 1 aliphatic rings. The molecule has 0 bridgehead atoms. The van der Waals surface area contributed by atoms with Gasteiger partial charge in [-0.15, -0.1) is 0 Å². The predicted octanol–water partition coefficient (Wildman–Crippen LogP) is 4.22. The topological polar surface area (TPSA) is 223 Å². The van der Waals surface area contributed by atoms with Gasteiger partial charge in [-0.25, -0.2) is 9.08 Å². The summed E-state index contributed by atoms with van der Waals surface area (Å²) in [6, 6.07) is 11.2. The molecule has 3 heterocycles. The highest BCUT2D eigenvalue weighted by Crippen LogP contribution is 2.50. The second-order valence-corrected chi connectivity index (χ2v) is 15.6. The van der Waals surface area contributed by atoms with Crippen LogP contribution in [0, 0.1) is 23.2 Å². The van der Waals surface area contributed by atoms with Crippen LogP contribution >= 0.6 is 7.75 Å². The summed E-state index contributed by atoms with van der Waals surface area (Å²) in [5, 5.41) is 17.8. The molecule has 3 N–H and O–H groups in total. The smallest absolute Gasteiger partial charge is 0.459 e. The van der Waals surface area contributed by atoms with Gasteiger partial charge >= 0.3 is 25.7 Å². The Labute approximate surface area is 313 Å². The first kappa shape index (κ1) is 41.7. The highest BCUT2D eigenvalue weighted by atomic mass is 31.2. The number of carbonyl (C=O) groups excluding carboxylic acids is 4. The van der Waals surface area contributed by atoms with Crippen LogP contribution in [0.5, 0.6) is 5.75 Å². The SMILES string of the molecule is CC(C)OC(=O)[C@H](C)N[P@@](=O)(OC[C@@]1(C#N)O[C@@H](c2ccc3c(N)ccnn23)[C@H](OC(=O)C(C)C)[C@@H]1OC(=O)C(C)C)Oc1ccc(C(=O)N(C)C)cc1. The van der Waals surface area contributed by atoms with Crippen molar-refractivity contribution in [2.45, 2.75) is 84.5 Å². The minimum absolute atomic E-state index is 0.0309. The third-order valence-electron chi connectivity index (χ3n) is 8.17. The number of anilines is 1. The summed E-state index contributed by atoms with van der Waals surface area (Å²) in [4.78, 5) is 53.0. The molecule has 1 amide bonds. The summed E-state index contributed by atoms with van der Waals surface area (Å²) in [5.74, 6) is -3.88. The lowest BCUT2D eigenvalue weighted by Crippen LogP contribution is -2.50. The third kappa shape index (κ3) is 9.37. The van der Waals surface area contributed by atoms with Gasteiger partial charge < -0.3 is 34.1 Å². The molecule has 3 aromatic rings. The van der Waals surface area contributed by atoms with Crippen molar-refractivity contribution in [2.75, 3.05) is 26.4 Å². The highest BCUT2D eigenvalue weighted by Gasteiger charge is 2.62. The van der Waals surface area contributed by atoms with Gasteiger partial charge in [0, 0.05) is 25.9 Å². The molecule has 0 saturated carbocycles. The molecule has 1 aliphatic heterocycles. The second kappa shape index (κ2) is 17.0. The molecule has 1 fully saturated rings. The second-order valence-electron chi connectivity index (χ2n) is 13.9. The Bertz CT molecular complexity index is 1940. The number of hydrogen-bond acceptors (Lipinski definition) is 14. The zero-order valence-corrected chi connectivity index (χ0v) is 32.6.